The number of rotatable bonds is 6. The fraction of sp³-hybridized carbons (Fsp3) is 0.308. The molecule has 0 amide bonds. The van der Waals surface area contributed by atoms with Gasteiger partial charge in [-0.15, -0.1) is 0 Å². The van der Waals surface area contributed by atoms with Gasteiger partial charge in [0.25, 0.3) is 0 Å². The van der Waals surface area contributed by atoms with Crippen LogP contribution in [0.15, 0.2) is 18.2 Å². The van der Waals surface area contributed by atoms with Crippen LogP contribution in [0.5, 0.6) is 0 Å². The molecule has 2 N–H and O–H groups in total. The fourth-order valence-corrected chi connectivity index (χ4v) is 1.90. The largest absolute Gasteiger partial charge is 0.354 e. The van der Waals surface area contributed by atoms with Crippen molar-refractivity contribution in [1.29, 1.82) is 0 Å². The Labute approximate surface area is 125 Å². The second kappa shape index (κ2) is 7.12. The molecule has 1 heterocycles. The molecule has 0 atom stereocenters. The third kappa shape index (κ3) is 4.78. The van der Waals surface area contributed by atoms with Gasteiger partial charge in [0.05, 0.1) is 0 Å². The van der Waals surface area contributed by atoms with Gasteiger partial charge in [-0.1, -0.05) is 0 Å². The van der Waals surface area contributed by atoms with Crippen molar-refractivity contribution in [3.63, 3.8) is 0 Å². The molecule has 0 fully saturated rings. The van der Waals surface area contributed by atoms with E-state index >= 15 is 0 Å². The summed E-state index contributed by atoms with van der Waals surface area (Å²) >= 11 is 5.78. The highest BCUT2D eigenvalue weighted by Gasteiger charge is 2.05. The van der Waals surface area contributed by atoms with E-state index in [1.54, 1.807) is 0 Å². The zero-order chi connectivity index (χ0) is 15.2. The smallest absolute Gasteiger partial charge is 0.228 e. The molecule has 0 aliphatic carbocycles. The maximum Gasteiger partial charge on any atom is 0.228 e. The molecular formula is C13H14ClF2N5. The Kier molecular flexibility index (Phi) is 5.21. The zero-order valence-corrected chi connectivity index (χ0v) is 12.1. The van der Waals surface area contributed by atoms with E-state index in [0.717, 1.165) is 6.07 Å². The minimum atomic E-state index is -0.595. The Balaban J connectivity index is 1.96. The number of hydrogen-bond acceptors (Lipinski definition) is 5. The first-order valence-electron chi connectivity index (χ1n) is 6.41. The summed E-state index contributed by atoms with van der Waals surface area (Å²) in [7, 11) is 0. The molecule has 0 bridgehead atoms. The first kappa shape index (κ1) is 15.4. The quantitative estimate of drug-likeness (QED) is 0.858. The summed E-state index contributed by atoms with van der Waals surface area (Å²) in [6, 6.07) is 3.41. The lowest BCUT2D eigenvalue weighted by Gasteiger charge is -2.07. The Hall–Kier alpha value is -2.02. The third-order valence-corrected chi connectivity index (χ3v) is 2.73. The van der Waals surface area contributed by atoms with Gasteiger partial charge in [-0.2, -0.15) is 15.0 Å². The molecule has 2 rings (SSSR count). The number of nitrogens with zero attached hydrogens (tertiary/aromatic N) is 3. The molecule has 0 radical (unpaired) electrons. The van der Waals surface area contributed by atoms with Crippen molar-refractivity contribution >= 4 is 23.5 Å². The van der Waals surface area contributed by atoms with Gasteiger partial charge in [0.2, 0.25) is 17.2 Å². The van der Waals surface area contributed by atoms with Crippen LogP contribution in [-0.4, -0.2) is 28.0 Å². The van der Waals surface area contributed by atoms with Crippen molar-refractivity contribution in [3.05, 3.63) is 40.7 Å². The molecule has 8 heteroatoms. The van der Waals surface area contributed by atoms with E-state index in [4.69, 9.17) is 11.6 Å². The molecule has 2 aromatic rings. The van der Waals surface area contributed by atoms with Crippen LogP contribution in [0.3, 0.4) is 0 Å². The van der Waals surface area contributed by atoms with Gasteiger partial charge in [0.15, 0.2) is 0 Å². The summed E-state index contributed by atoms with van der Waals surface area (Å²) in [6.45, 7) is 2.97. The van der Waals surface area contributed by atoms with E-state index in [2.05, 4.69) is 25.6 Å². The summed E-state index contributed by atoms with van der Waals surface area (Å²) in [5.41, 5.74) is 0.548. The van der Waals surface area contributed by atoms with E-state index in [-0.39, 0.29) is 5.28 Å². The van der Waals surface area contributed by atoms with Gasteiger partial charge in [-0.3, -0.25) is 0 Å². The van der Waals surface area contributed by atoms with Crippen LogP contribution < -0.4 is 10.6 Å². The van der Waals surface area contributed by atoms with Crippen LogP contribution in [0.2, 0.25) is 5.28 Å². The van der Waals surface area contributed by atoms with E-state index in [0.29, 0.717) is 37.0 Å². The summed E-state index contributed by atoms with van der Waals surface area (Å²) < 4.78 is 26.1. The van der Waals surface area contributed by atoms with Crippen molar-refractivity contribution in [2.75, 3.05) is 23.7 Å². The highest BCUT2D eigenvalue weighted by Crippen LogP contribution is 2.11. The van der Waals surface area contributed by atoms with Crippen LogP contribution in [0.1, 0.15) is 12.5 Å². The van der Waals surface area contributed by atoms with E-state index in [1.165, 1.54) is 12.1 Å². The first-order chi connectivity index (χ1) is 10.1. The topological polar surface area (TPSA) is 62.7 Å². The van der Waals surface area contributed by atoms with Gasteiger partial charge in [-0.25, -0.2) is 8.78 Å². The fourth-order valence-electron chi connectivity index (χ4n) is 1.74. The SMILES string of the molecule is CCNc1nc(Cl)nc(NCCc2cc(F)cc(F)c2)n1. The monoisotopic (exact) mass is 313 g/mol. The molecule has 1 aromatic heterocycles. The van der Waals surface area contributed by atoms with E-state index < -0.39 is 11.6 Å². The third-order valence-electron chi connectivity index (χ3n) is 2.56. The number of benzene rings is 1. The average Bonchev–Trinajstić information content (AvgIpc) is 2.37. The molecule has 0 unspecified atom stereocenters. The highest BCUT2D eigenvalue weighted by molar-refractivity contribution is 6.28. The minimum absolute atomic E-state index is 0.0697. The van der Waals surface area contributed by atoms with Crippen LogP contribution in [-0.2, 0) is 6.42 Å². The average molecular weight is 314 g/mol. The Morgan fingerprint density at radius 3 is 2.24 bits per heavy atom. The molecule has 0 saturated carbocycles. The Morgan fingerprint density at radius 1 is 1.00 bits per heavy atom. The van der Waals surface area contributed by atoms with Gasteiger partial charge in [-0.05, 0) is 42.6 Å². The van der Waals surface area contributed by atoms with Crippen molar-refractivity contribution < 1.29 is 8.78 Å². The van der Waals surface area contributed by atoms with Crippen LogP contribution in [0, 0.1) is 11.6 Å². The van der Waals surface area contributed by atoms with Gasteiger partial charge in [0, 0.05) is 19.2 Å². The molecule has 0 aliphatic heterocycles. The highest BCUT2D eigenvalue weighted by atomic mass is 35.5. The molecule has 0 spiro atoms. The molecule has 5 nitrogen and oxygen atoms in total. The van der Waals surface area contributed by atoms with Crippen molar-refractivity contribution in [2.45, 2.75) is 13.3 Å². The van der Waals surface area contributed by atoms with Crippen molar-refractivity contribution in [3.8, 4) is 0 Å². The number of aromatic nitrogens is 3. The molecule has 112 valence electrons. The lowest BCUT2D eigenvalue weighted by molar-refractivity contribution is 0.580. The molecule has 0 aliphatic rings. The summed E-state index contributed by atoms with van der Waals surface area (Å²) in [4.78, 5) is 11.9. The van der Waals surface area contributed by atoms with Crippen LogP contribution in [0.4, 0.5) is 20.7 Å². The van der Waals surface area contributed by atoms with Gasteiger partial charge >= 0.3 is 0 Å². The molecule has 1 aromatic carbocycles. The second-order valence-corrected chi connectivity index (χ2v) is 4.57. The molecule has 0 saturated heterocycles. The second-order valence-electron chi connectivity index (χ2n) is 4.24. The van der Waals surface area contributed by atoms with Crippen molar-refractivity contribution in [2.24, 2.45) is 0 Å². The number of hydrogen-bond donors (Lipinski definition) is 2. The summed E-state index contributed by atoms with van der Waals surface area (Å²) in [6.07, 6.45) is 0.425. The Bertz CT molecular complexity index is 603. The zero-order valence-electron chi connectivity index (χ0n) is 11.3. The lowest BCUT2D eigenvalue weighted by atomic mass is 10.1. The number of nitrogens with one attached hydrogen (secondary N) is 2. The standard InChI is InChI=1S/C13H14ClF2N5/c1-2-17-12-19-11(14)20-13(21-12)18-4-3-8-5-9(15)7-10(16)6-8/h5-7H,2-4H2,1H3,(H2,17,18,19,20,21). The predicted octanol–water partition coefficient (Wildman–Crippen LogP) is 2.89. The number of halogens is 3. The minimum Gasteiger partial charge on any atom is -0.354 e. The maximum absolute atomic E-state index is 13.0. The van der Waals surface area contributed by atoms with Gasteiger partial charge in [0.1, 0.15) is 11.6 Å². The van der Waals surface area contributed by atoms with Crippen LogP contribution in [0.25, 0.3) is 0 Å². The summed E-state index contributed by atoms with van der Waals surface area (Å²) in [5.74, 6) is -0.509. The van der Waals surface area contributed by atoms with Gasteiger partial charge < -0.3 is 10.6 Å². The first-order valence-corrected chi connectivity index (χ1v) is 6.79. The normalized spacial score (nSPS) is 10.5. The summed E-state index contributed by atoms with van der Waals surface area (Å²) in [5, 5.41) is 5.94. The van der Waals surface area contributed by atoms with Crippen LogP contribution >= 0.6 is 11.6 Å². The molecule has 21 heavy (non-hydrogen) atoms. The Morgan fingerprint density at radius 2 is 1.62 bits per heavy atom. The van der Waals surface area contributed by atoms with E-state index in [1.807, 2.05) is 6.92 Å². The van der Waals surface area contributed by atoms with Crippen molar-refractivity contribution in [1.82, 2.24) is 15.0 Å². The van der Waals surface area contributed by atoms with E-state index in [9.17, 15) is 8.78 Å². The number of anilines is 2. The lowest BCUT2D eigenvalue weighted by Crippen LogP contribution is -2.11. The molecular weight excluding hydrogens is 300 g/mol. The maximum atomic E-state index is 13.0. The predicted molar refractivity (Wildman–Crippen MR) is 77.6 cm³/mol.